The van der Waals surface area contributed by atoms with Gasteiger partial charge in [0.2, 0.25) is 0 Å². The lowest BCUT2D eigenvalue weighted by atomic mass is 10.0. The van der Waals surface area contributed by atoms with Crippen molar-refractivity contribution in [1.29, 1.82) is 0 Å². The molecule has 0 unspecified atom stereocenters. The van der Waals surface area contributed by atoms with E-state index in [-0.39, 0.29) is 12.3 Å². The van der Waals surface area contributed by atoms with Crippen molar-refractivity contribution in [3.05, 3.63) is 81.5 Å². The third-order valence-corrected chi connectivity index (χ3v) is 5.46. The standard InChI is InChI=1S/C23H16Cl2N2O5/c24-15-7-5-14(18(25)9-15)12-32-20-8-6-13-3-1-2-4-16(13)17(20)10-19-22(30)27(11-21(28)29)23(31)26-19/h1-10H,11-12H2,(H,26,31)(H,28,29)/b19-10+. The van der Waals surface area contributed by atoms with E-state index in [9.17, 15) is 14.4 Å². The van der Waals surface area contributed by atoms with Crippen LogP contribution in [0.5, 0.6) is 5.75 Å². The van der Waals surface area contributed by atoms with Crippen LogP contribution in [0, 0.1) is 0 Å². The van der Waals surface area contributed by atoms with Crippen molar-refractivity contribution in [3.8, 4) is 5.75 Å². The molecule has 1 heterocycles. The molecule has 0 aliphatic carbocycles. The topological polar surface area (TPSA) is 95.9 Å². The van der Waals surface area contributed by atoms with Gasteiger partial charge in [-0.3, -0.25) is 9.59 Å². The van der Waals surface area contributed by atoms with Gasteiger partial charge in [-0.1, -0.05) is 59.6 Å². The molecular formula is C23H16Cl2N2O5. The molecule has 4 rings (SSSR count). The van der Waals surface area contributed by atoms with Crippen LogP contribution in [0.2, 0.25) is 10.0 Å². The molecule has 0 bridgehead atoms. The lowest BCUT2D eigenvalue weighted by Crippen LogP contribution is -2.35. The van der Waals surface area contributed by atoms with Crippen LogP contribution in [0.25, 0.3) is 16.8 Å². The summed E-state index contributed by atoms with van der Waals surface area (Å²) in [7, 11) is 0. The molecule has 7 nitrogen and oxygen atoms in total. The normalized spacial score (nSPS) is 14.8. The van der Waals surface area contributed by atoms with Crippen molar-refractivity contribution in [2.24, 2.45) is 0 Å². The van der Waals surface area contributed by atoms with Crippen LogP contribution in [0.15, 0.2) is 60.3 Å². The highest BCUT2D eigenvalue weighted by atomic mass is 35.5. The molecule has 0 saturated carbocycles. The largest absolute Gasteiger partial charge is 0.488 e. The second-order valence-corrected chi connectivity index (χ2v) is 7.84. The zero-order chi connectivity index (χ0) is 22.8. The number of aliphatic carboxylic acids is 1. The van der Waals surface area contributed by atoms with Crippen molar-refractivity contribution in [2.75, 3.05) is 6.54 Å². The van der Waals surface area contributed by atoms with Gasteiger partial charge in [-0.25, -0.2) is 9.69 Å². The Balaban J connectivity index is 1.72. The van der Waals surface area contributed by atoms with Crippen LogP contribution >= 0.6 is 23.2 Å². The summed E-state index contributed by atoms with van der Waals surface area (Å²) in [4.78, 5) is 36.3. The molecule has 0 aromatic heterocycles. The fourth-order valence-electron chi connectivity index (χ4n) is 3.34. The van der Waals surface area contributed by atoms with E-state index in [0.29, 0.717) is 26.3 Å². The minimum atomic E-state index is -1.29. The Morgan fingerprint density at radius 3 is 2.62 bits per heavy atom. The Morgan fingerprint density at radius 2 is 1.88 bits per heavy atom. The van der Waals surface area contributed by atoms with Gasteiger partial charge in [-0.2, -0.15) is 0 Å². The van der Waals surface area contributed by atoms with E-state index >= 15 is 0 Å². The quantitative estimate of drug-likeness (QED) is 0.401. The number of nitrogens with one attached hydrogen (secondary N) is 1. The maximum Gasteiger partial charge on any atom is 0.329 e. The molecule has 1 saturated heterocycles. The Kier molecular flexibility index (Phi) is 6.03. The molecule has 3 aromatic rings. The molecule has 162 valence electrons. The van der Waals surface area contributed by atoms with Crippen molar-refractivity contribution in [1.82, 2.24) is 10.2 Å². The van der Waals surface area contributed by atoms with Crippen molar-refractivity contribution in [3.63, 3.8) is 0 Å². The van der Waals surface area contributed by atoms with Gasteiger partial charge in [0.1, 0.15) is 24.6 Å². The minimum absolute atomic E-state index is 0.0398. The van der Waals surface area contributed by atoms with E-state index in [4.69, 9.17) is 33.0 Å². The minimum Gasteiger partial charge on any atom is -0.488 e. The second-order valence-electron chi connectivity index (χ2n) is 7.00. The zero-order valence-electron chi connectivity index (χ0n) is 16.5. The molecular weight excluding hydrogens is 455 g/mol. The number of fused-ring (bicyclic) bond motifs is 1. The number of rotatable bonds is 6. The lowest BCUT2D eigenvalue weighted by Gasteiger charge is -2.13. The summed E-state index contributed by atoms with van der Waals surface area (Å²) in [6.45, 7) is -0.577. The van der Waals surface area contributed by atoms with Gasteiger partial charge in [0.05, 0.1) is 0 Å². The summed E-state index contributed by atoms with van der Waals surface area (Å²) in [6.07, 6.45) is 1.49. The Labute approximate surface area is 192 Å². The van der Waals surface area contributed by atoms with Gasteiger partial charge < -0.3 is 15.2 Å². The monoisotopic (exact) mass is 470 g/mol. The van der Waals surface area contributed by atoms with Gasteiger partial charge in [0.15, 0.2) is 0 Å². The van der Waals surface area contributed by atoms with E-state index in [0.717, 1.165) is 16.3 Å². The second kappa shape index (κ2) is 8.90. The highest BCUT2D eigenvalue weighted by Crippen LogP contribution is 2.32. The number of ether oxygens (including phenoxy) is 1. The van der Waals surface area contributed by atoms with E-state index in [2.05, 4.69) is 5.32 Å². The number of carboxylic acid groups (broad SMARTS) is 1. The molecule has 3 aromatic carbocycles. The summed E-state index contributed by atoms with van der Waals surface area (Å²) in [6, 6.07) is 15.4. The molecule has 3 amide bonds. The van der Waals surface area contributed by atoms with Crippen LogP contribution in [0.4, 0.5) is 4.79 Å². The molecule has 9 heteroatoms. The predicted octanol–water partition coefficient (Wildman–Crippen LogP) is 4.70. The highest BCUT2D eigenvalue weighted by Gasteiger charge is 2.35. The molecule has 0 radical (unpaired) electrons. The number of nitrogens with zero attached hydrogens (tertiary/aromatic N) is 1. The van der Waals surface area contributed by atoms with Gasteiger partial charge in [0, 0.05) is 21.2 Å². The van der Waals surface area contributed by atoms with Crippen LogP contribution in [0.3, 0.4) is 0 Å². The Hall–Kier alpha value is -3.55. The highest BCUT2D eigenvalue weighted by molar-refractivity contribution is 6.35. The Morgan fingerprint density at radius 1 is 1.09 bits per heavy atom. The Bertz CT molecular complexity index is 1290. The van der Waals surface area contributed by atoms with Crippen molar-refractivity contribution >= 4 is 58.0 Å². The number of urea groups is 1. The molecule has 2 N–H and O–H groups in total. The fourth-order valence-corrected chi connectivity index (χ4v) is 3.80. The average molecular weight is 471 g/mol. The van der Waals surface area contributed by atoms with Crippen molar-refractivity contribution in [2.45, 2.75) is 6.61 Å². The number of carbonyl (C=O) groups is 3. The lowest BCUT2D eigenvalue weighted by molar-refractivity contribution is -0.140. The first-order chi connectivity index (χ1) is 15.3. The maximum absolute atomic E-state index is 12.6. The third kappa shape index (κ3) is 4.39. The number of carboxylic acids is 1. The summed E-state index contributed by atoms with van der Waals surface area (Å²) >= 11 is 12.2. The van der Waals surface area contributed by atoms with E-state index in [1.165, 1.54) is 6.08 Å². The van der Waals surface area contributed by atoms with Crippen LogP contribution < -0.4 is 10.1 Å². The predicted molar refractivity (Wildman–Crippen MR) is 121 cm³/mol. The summed E-state index contributed by atoms with van der Waals surface area (Å²) in [5, 5.41) is 14.0. The first-order valence-corrected chi connectivity index (χ1v) is 10.2. The molecule has 1 fully saturated rings. The van der Waals surface area contributed by atoms with Gasteiger partial charge >= 0.3 is 12.0 Å². The van der Waals surface area contributed by atoms with E-state index in [1.54, 1.807) is 24.3 Å². The fraction of sp³-hybridized carbons (Fsp3) is 0.0870. The van der Waals surface area contributed by atoms with Crippen LogP contribution in [-0.4, -0.2) is 34.5 Å². The summed E-state index contributed by atoms with van der Waals surface area (Å²) < 4.78 is 6.01. The SMILES string of the molecule is O=C(O)CN1C(=O)N/C(=C/c2c(OCc3ccc(Cl)cc3Cl)ccc3ccccc23)C1=O. The van der Waals surface area contributed by atoms with E-state index < -0.39 is 24.5 Å². The molecule has 1 aliphatic heterocycles. The molecule has 32 heavy (non-hydrogen) atoms. The number of amides is 3. The number of hydrogen-bond donors (Lipinski definition) is 2. The maximum atomic E-state index is 12.6. The average Bonchev–Trinajstić information content (AvgIpc) is 3.01. The van der Waals surface area contributed by atoms with E-state index in [1.807, 2.05) is 30.3 Å². The third-order valence-electron chi connectivity index (χ3n) is 4.87. The van der Waals surface area contributed by atoms with Gasteiger partial charge in [-0.05, 0) is 35.0 Å². The molecule has 0 atom stereocenters. The van der Waals surface area contributed by atoms with Gasteiger partial charge in [0.25, 0.3) is 5.91 Å². The molecule has 1 aliphatic rings. The summed E-state index contributed by atoms with van der Waals surface area (Å²) in [5.41, 5.74) is 1.25. The number of imide groups is 1. The molecule has 0 spiro atoms. The number of benzene rings is 3. The summed E-state index contributed by atoms with van der Waals surface area (Å²) in [5.74, 6) is -1.55. The van der Waals surface area contributed by atoms with Crippen molar-refractivity contribution < 1.29 is 24.2 Å². The smallest absolute Gasteiger partial charge is 0.329 e. The number of hydrogen-bond acceptors (Lipinski definition) is 4. The first-order valence-electron chi connectivity index (χ1n) is 9.48. The number of halogens is 2. The number of carbonyl (C=O) groups excluding carboxylic acids is 2. The van der Waals surface area contributed by atoms with Crippen LogP contribution in [0.1, 0.15) is 11.1 Å². The van der Waals surface area contributed by atoms with Crippen LogP contribution in [-0.2, 0) is 16.2 Å². The van der Waals surface area contributed by atoms with Gasteiger partial charge in [-0.15, -0.1) is 0 Å². The zero-order valence-corrected chi connectivity index (χ0v) is 18.0. The first kappa shape index (κ1) is 21.7.